The summed E-state index contributed by atoms with van der Waals surface area (Å²) in [6.45, 7) is 0. The number of hydrogen-bond acceptors (Lipinski definition) is 3. The van der Waals surface area contributed by atoms with Crippen molar-refractivity contribution in [2.75, 3.05) is 0 Å². The molecule has 1 heterocycles. The molecular formula is C19H14N4O. The number of H-pyrrole nitrogens is 1. The van der Waals surface area contributed by atoms with Gasteiger partial charge in [-0.3, -0.25) is 4.79 Å². The number of nitrogens with zero attached hydrogens (tertiary/aromatic N) is 2. The maximum atomic E-state index is 12.1. The fourth-order valence-corrected chi connectivity index (χ4v) is 2.57. The molecule has 2 N–H and O–H groups in total. The van der Waals surface area contributed by atoms with Crippen LogP contribution >= 0.6 is 0 Å². The van der Waals surface area contributed by atoms with Crippen LogP contribution in [-0.4, -0.2) is 22.1 Å². The first-order valence-electron chi connectivity index (χ1n) is 7.56. The third-order valence-electron chi connectivity index (χ3n) is 3.76. The number of aromatic nitrogens is 2. The van der Waals surface area contributed by atoms with Crippen LogP contribution in [0.5, 0.6) is 0 Å². The van der Waals surface area contributed by atoms with Crippen molar-refractivity contribution in [3.8, 4) is 0 Å². The zero-order valence-corrected chi connectivity index (χ0v) is 12.7. The van der Waals surface area contributed by atoms with Gasteiger partial charge in [-0.25, -0.2) is 10.4 Å². The molecular weight excluding hydrogens is 300 g/mol. The summed E-state index contributed by atoms with van der Waals surface area (Å²) < 4.78 is 0. The third-order valence-corrected chi connectivity index (χ3v) is 3.76. The number of hydrazone groups is 1. The molecule has 0 aliphatic heterocycles. The van der Waals surface area contributed by atoms with Crippen LogP contribution in [0, 0.1) is 0 Å². The van der Waals surface area contributed by atoms with Crippen LogP contribution in [0.1, 0.15) is 16.2 Å². The Labute approximate surface area is 138 Å². The van der Waals surface area contributed by atoms with E-state index < -0.39 is 0 Å². The molecule has 0 bridgehead atoms. The highest BCUT2D eigenvalue weighted by atomic mass is 16.2. The summed E-state index contributed by atoms with van der Waals surface area (Å²) in [6, 6.07) is 21.6. The molecule has 5 nitrogen and oxygen atoms in total. The Morgan fingerprint density at radius 3 is 2.67 bits per heavy atom. The monoisotopic (exact) mass is 314 g/mol. The van der Waals surface area contributed by atoms with Crippen LogP contribution in [0.3, 0.4) is 0 Å². The van der Waals surface area contributed by atoms with Gasteiger partial charge >= 0.3 is 5.91 Å². The van der Waals surface area contributed by atoms with Crippen LogP contribution in [0.4, 0.5) is 0 Å². The summed E-state index contributed by atoms with van der Waals surface area (Å²) >= 11 is 0. The van der Waals surface area contributed by atoms with Gasteiger partial charge in [0, 0.05) is 0 Å². The zero-order chi connectivity index (χ0) is 16.4. The molecule has 116 valence electrons. The SMILES string of the molecule is O=C(N/N=C/c1ccc2ccccc2c1)c1nc2ccccc2[nH]1. The Balaban J connectivity index is 1.50. The van der Waals surface area contributed by atoms with Gasteiger partial charge in [-0.05, 0) is 34.5 Å². The number of aromatic amines is 1. The first kappa shape index (κ1) is 14.1. The molecule has 1 amide bonds. The number of amides is 1. The minimum Gasteiger partial charge on any atom is -0.334 e. The molecule has 0 aliphatic carbocycles. The highest BCUT2D eigenvalue weighted by molar-refractivity contribution is 5.95. The van der Waals surface area contributed by atoms with Gasteiger partial charge in [0.15, 0.2) is 5.82 Å². The van der Waals surface area contributed by atoms with Gasteiger partial charge in [0.2, 0.25) is 0 Å². The topological polar surface area (TPSA) is 70.1 Å². The highest BCUT2D eigenvalue weighted by Crippen LogP contribution is 2.14. The fourth-order valence-electron chi connectivity index (χ4n) is 2.57. The summed E-state index contributed by atoms with van der Waals surface area (Å²) in [5.41, 5.74) is 4.98. The molecule has 0 saturated carbocycles. The quantitative estimate of drug-likeness (QED) is 0.449. The van der Waals surface area contributed by atoms with E-state index in [0.29, 0.717) is 0 Å². The first-order chi connectivity index (χ1) is 11.8. The largest absolute Gasteiger partial charge is 0.334 e. The maximum Gasteiger partial charge on any atom is 0.307 e. The Hall–Kier alpha value is -3.47. The molecule has 0 unspecified atom stereocenters. The first-order valence-corrected chi connectivity index (χ1v) is 7.56. The number of para-hydroxylation sites is 2. The second kappa shape index (κ2) is 5.96. The van der Waals surface area contributed by atoms with Gasteiger partial charge in [-0.2, -0.15) is 5.10 Å². The molecule has 0 aliphatic rings. The molecule has 0 saturated heterocycles. The van der Waals surface area contributed by atoms with Crippen LogP contribution in [0.15, 0.2) is 71.8 Å². The van der Waals surface area contributed by atoms with E-state index in [1.165, 1.54) is 5.39 Å². The molecule has 5 heteroatoms. The summed E-state index contributed by atoms with van der Waals surface area (Å²) in [6.07, 6.45) is 1.62. The molecule has 24 heavy (non-hydrogen) atoms. The molecule has 0 spiro atoms. The van der Waals surface area contributed by atoms with Crippen molar-refractivity contribution in [1.82, 2.24) is 15.4 Å². The van der Waals surface area contributed by atoms with Crippen molar-refractivity contribution in [2.45, 2.75) is 0 Å². The van der Waals surface area contributed by atoms with E-state index in [1.807, 2.05) is 60.7 Å². The lowest BCUT2D eigenvalue weighted by atomic mass is 10.1. The number of carbonyl (C=O) groups is 1. The number of carbonyl (C=O) groups excluding carboxylic acids is 1. The number of rotatable bonds is 3. The number of benzene rings is 3. The zero-order valence-electron chi connectivity index (χ0n) is 12.7. The molecule has 0 atom stereocenters. The van der Waals surface area contributed by atoms with E-state index >= 15 is 0 Å². The van der Waals surface area contributed by atoms with Gasteiger partial charge in [-0.1, -0.05) is 48.5 Å². The number of fused-ring (bicyclic) bond motifs is 2. The van der Waals surface area contributed by atoms with E-state index in [4.69, 9.17) is 0 Å². The average Bonchev–Trinajstić information content (AvgIpc) is 3.06. The van der Waals surface area contributed by atoms with E-state index in [2.05, 4.69) is 26.6 Å². The standard InChI is InChI=1S/C19H14N4O/c24-19(18-21-16-7-3-4-8-17(16)22-18)23-20-12-13-9-10-14-5-1-2-6-15(14)11-13/h1-12H,(H,21,22)(H,23,24)/b20-12+. The summed E-state index contributed by atoms with van der Waals surface area (Å²) in [5.74, 6) is -0.130. The van der Waals surface area contributed by atoms with Crippen molar-refractivity contribution < 1.29 is 4.79 Å². The van der Waals surface area contributed by atoms with E-state index in [1.54, 1.807) is 6.21 Å². The molecule has 4 aromatic rings. The number of imidazole rings is 1. The molecule has 0 radical (unpaired) electrons. The maximum absolute atomic E-state index is 12.1. The average molecular weight is 314 g/mol. The summed E-state index contributed by atoms with van der Waals surface area (Å²) in [5, 5.41) is 6.31. The van der Waals surface area contributed by atoms with Crippen molar-refractivity contribution in [3.05, 3.63) is 78.1 Å². The van der Waals surface area contributed by atoms with Crippen molar-refractivity contribution >= 4 is 33.9 Å². The summed E-state index contributed by atoms with van der Waals surface area (Å²) in [7, 11) is 0. The minimum atomic E-state index is -0.372. The summed E-state index contributed by atoms with van der Waals surface area (Å²) in [4.78, 5) is 19.3. The van der Waals surface area contributed by atoms with E-state index in [-0.39, 0.29) is 11.7 Å². The highest BCUT2D eigenvalue weighted by Gasteiger charge is 2.09. The Morgan fingerprint density at radius 1 is 1.00 bits per heavy atom. The van der Waals surface area contributed by atoms with Crippen LogP contribution < -0.4 is 5.43 Å². The van der Waals surface area contributed by atoms with Crippen LogP contribution in [-0.2, 0) is 0 Å². The van der Waals surface area contributed by atoms with Gasteiger partial charge in [0.1, 0.15) is 0 Å². The van der Waals surface area contributed by atoms with Gasteiger partial charge in [0.25, 0.3) is 0 Å². The fraction of sp³-hybridized carbons (Fsp3) is 0. The van der Waals surface area contributed by atoms with E-state index in [9.17, 15) is 4.79 Å². The number of nitrogens with one attached hydrogen (secondary N) is 2. The van der Waals surface area contributed by atoms with Gasteiger partial charge in [-0.15, -0.1) is 0 Å². The smallest absolute Gasteiger partial charge is 0.307 e. The van der Waals surface area contributed by atoms with Crippen LogP contribution in [0.2, 0.25) is 0 Å². The van der Waals surface area contributed by atoms with Crippen molar-refractivity contribution in [3.63, 3.8) is 0 Å². The van der Waals surface area contributed by atoms with Crippen molar-refractivity contribution in [2.24, 2.45) is 5.10 Å². The normalized spacial score (nSPS) is 11.3. The lowest BCUT2D eigenvalue weighted by Crippen LogP contribution is -2.19. The second-order valence-electron chi connectivity index (χ2n) is 5.41. The van der Waals surface area contributed by atoms with Crippen molar-refractivity contribution in [1.29, 1.82) is 0 Å². The number of hydrogen-bond donors (Lipinski definition) is 2. The van der Waals surface area contributed by atoms with Crippen LogP contribution in [0.25, 0.3) is 21.8 Å². The predicted octanol–water partition coefficient (Wildman–Crippen LogP) is 3.48. The van der Waals surface area contributed by atoms with E-state index in [0.717, 1.165) is 22.0 Å². The molecule has 1 aromatic heterocycles. The molecule has 3 aromatic carbocycles. The van der Waals surface area contributed by atoms with Gasteiger partial charge in [0.05, 0.1) is 17.2 Å². The molecule has 0 fully saturated rings. The second-order valence-corrected chi connectivity index (χ2v) is 5.41. The lowest BCUT2D eigenvalue weighted by molar-refractivity contribution is 0.0946. The molecule has 4 rings (SSSR count). The minimum absolute atomic E-state index is 0.242. The Bertz CT molecular complexity index is 1030. The van der Waals surface area contributed by atoms with Gasteiger partial charge < -0.3 is 4.98 Å². The predicted molar refractivity (Wildman–Crippen MR) is 95.1 cm³/mol. The Morgan fingerprint density at radius 2 is 1.79 bits per heavy atom. The lowest BCUT2D eigenvalue weighted by Gasteiger charge is -1.99. The Kier molecular flexibility index (Phi) is 3.51. The third kappa shape index (κ3) is 2.75.